The number of rotatable bonds is 4. The van der Waals surface area contributed by atoms with Crippen LogP contribution in [0.15, 0.2) is 41.8 Å². The van der Waals surface area contributed by atoms with Crippen molar-refractivity contribution in [1.82, 2.24) is 14.5 Å². The Morgan fingerprint density at radius 3 is 2.71 bits per heavy atom. The summed E-state index contributed by atoms with van der Waals surface area (Å²) < 4.78 is 2.01. The van der Waals surface area contributed by atoms with E-state index in [0.29, 0.717) is 11.8 Å². The van der Waals surface area contributed by atoms with E-state index < -0.39 is 0 Å². The molecule has 0 saturated carbocycles. The van der Waals surface area contributed by atoms with E-state index in [2.05, 4.69) is 24.9 Å². The summed E-state index contributed by atoms with van der Waals surface area (Å²) >= 11 is 1.69. The van der Waals surface area contributed by atoms with E-state index in [-0.39, 0.29) is 5.91 Å². The van der Waals surface area contributed by atoms with Crippen molar-refractivity contribution in [2.75, 3.05) is 13.1 Å². The summed E-state index contributed by atoms with van der Waals surface area (Å²) in [5, 5.41) is 0.991. The lowest BCUT2D eigenvalue weighted by Gasteiger charge is -2.35. The molecule has 1 aliphatic rings. The van der Waals surface area contributed by atoms with Gasteiger partial charge in [0.2, 0.25) is 0 Å². The number of hydrogen-bond donors (Lipinski definition) is 0. The van der Waals surface area contributed by atoms with Gasteiger partial charge in [0, 0.05) is 43.8 Å². The number of thioether (sulfide) groups is 1. The van der Waals surface area contributed by atoms with Gasteiger partial charge in [0.15, 0.2) is 5.16 Å². The summed E-state index contributed by atoms with van der Waals surface area (Å²) in [6.07, 6.45) is 4.96. The van der Waals surface area contributed by atoms with Gasteiger partial charge in [-0.15, -0.1) is 0 Å². The maximum Gasteiger partial charge on any atom is 0.253 e. The third-order valence-electron chi connectivity index (χ3n) is 4.47. The van der Waals surface area contributed by atoms with Gasteiger partial charge in [0.05, 0.1) is 0 Å². The van der Waals surface area contributed by atoms with E-state index in [9.17, 15) is 4.79 Å². The number of nitrogens with zero attached hydrogens (tertiary/aromatic N) is 3. The van der Waals surface area contributed by atoms with Gasteiger partial charge in [-0.25, -0.2) is 4.98 Å². The van der Waals surface area contributed by atoms with Crippen LogP contribution in [-0.4, -0.2) is 33.4 Å². The highest BCUT2D eigenvalue weighted by molar-refractivity contribution is 7.98. The largest absolute Gasteiger partial charge is 0.338 e. The minimum absolute atomic E-state index is 0.164. The zero-order valence-corrected chi connectivity index (χ0v) is 15.4. The minimum atomic E-state index is 0.164. The molecule has 2 heterocycles. The molecule has 24 heavy (non-hydrogen) atoms. The first kappa shape index (κ1) is 17.1. The smallest absolute Gasteiger partial charge is 0.253 e. The summed E-state index contributed by atoms with van der Waals surface area (Å²) in [5.74, 6) is 2.15. The molecule has 1 aromatic carbocycles. The molecule has 1 amide bonds. The van der Waals surface area contributed by atoms with Crippen LogP contribution in [0.5, 0.6) is 0 Å². The molecule has 2 aromatic rings. The van der Waals surface area contributed by atoms with Crippen LogP contribution in [0.3, 0.4) is 0 Å². The normalized spacial score (nSPS) is 21.0. The molecule has 0 spiro atoms. The molecule has 3 rings (SSSR count). The summed E-state index contributed by atoms with van der Waals surface area (Å²) in [7, 11) is 1.99. The maximum atomic E-state index is 12.8. The van der Waals surface area contributed by atoms with Crippen molar-refractivity contribution >= 4 is 17.7 Å². The van der Waals surface area contributed by atoms with Crippen molar-refractivity contribution in [3.05, 3.63) is 47.8 Å². The molecule has 0 bridgehead atoms. The third kappa shape index (κ3) is 4.01. The summed E-state index contributed by atoms with van der Waals surface area (Å²) in [6, 6.07) is 8.02. The molecule has 1 saturated heterocycles. The molecule has 1 fully saturated rings. The van der Waals surface area contributed by atoms with Crippen LogP contribution >= 0.6 is 11.8 Å². The van der Waals surface area contributed by atoms with Crippen molar-refractivity contribution in [3.63, 3.8) is 0 Å². The van der Waals surface area contributed by atoms with E-state index >= 15 is 0 Å². The number of amides is 1. The summed E-state index contributed by atoms with van der Waals surface area (Å²) in [6.45, 7) is 6.20. The fourth-order valence-corrected chi connectivity index (χ4v) is 4.32. The van der Waals surface area contributed by atoms with Crippen molar-refractivity contribution in [3.8, 4) is 0 Å². The molecular formula is C19H25N3OS. The van der Waals surface area contributed by atoms with E-state index in [1.807, 2.05) is 40.9 Å². The van der Waals surface area contributed by atoms with Gasteiger partial charge in [-0.05, 0) is 36.0 Å². The molecule has 1 aromatic heterocycles. The molecule has 2 atom stereocenters. The maximum absolute atomic E-state index is 12.8. The molecule has 2 unspecified atom stereocenters. The molecule has 5 heteroatoms. The average Bonchev–Trinajstić information content (AvgIpc) is 2.97. The van der Waals surface area contributed by atoms with Crippen LogP contribution in [0.4, 0.5) is 0 Å². The lowest BCUT2D eigenvalue weighted by molar-refractivity contribution is 0.0623. The van der Waals surface area contributed by atoms with Crippen LogP contribution in [-0.2, 0) is 12.8 Å². The van der Waals surface area contributed by atoms with Crippen LogP contribution in [0, 0.1) is 11.8 Å². The van der Waals surface area contributed by atoms with Crippen LogP contribution in [0.2, 0.25) is 0 Å². The number of piperidine rings is 1. The Balaban J connectivity index is 1.68. The van der Waals surface area contributed by atoms with Gasteiger partial charge in [-0.3, -0.25) is 4.79 Å². The molecule has 4 nitrogen and oxygen atoms in total. The Kier molecular flexibility index (Phi) is 5.29. The SMILES string of the molecule is CC1CC(C)CN(C(=O)c2cccc(CSc3nccn3C)c2)C1. The van der Waals surface area contributed by atoms with Gasteiger partial charge in [-0.2, -0.15) is 0 Å². The monoisotopic (exact) mass is 343 g/mol. The molecule has 0 N–H and O–H groups in total. The second kappa shape index (κ2) is 7.43. The van der Waals surface area contributed by atoms with Gasteiger partial charge >= 0.3 is 0 Å². The van der Waals surface area contributed by atoms with E-state index in [4.69, 9.17) is 0 Å². The van der Waals surface area contributed by atoms with E-state index in [0.717, 1.165) is 35.1 Å². The molecule has 0 aliphatic carbocycles. The number of carbonyl (C=O) groups is 1. The van der Waals surface area contributed by atoms with Gasteiger partial charge in [0.1, 0.15) is 0 Å². The highest BCUT2D eigenvalue weighted by Gasteiger charge is 2.26. The second-order valence-corrected chi connectivity index (χ2v) is 7.91. The molecule has 1 aliphatic heterocycles. The first-order valence-electron chi connectivity index (χ1n) is 8.51. The zero-order chi connectivity index (χ0) is 17.1. The summed E-state index contributed by atoms with van der Waals surface area (Å²) in [4.78, 5) is 19.2. The number of aromatic nitrogens is 2. The first-order chi connectivity index (χ1) is 11.5. The predicted molar refractivity (Wildman–Crippen MR) is 98.1 cm³/mol. The number of hydrogen-bond acceptors (Lipinski definition) is 3. The van der Waals surface area contributed by atoms with Crippen molar-refractivity contribution < 1.29 is 4.79 Å². The Hall–Kier alpha value is -1.75. The minimum Gasteiger partial charge on any atom is -0.338 e. The number of imidazole rings is 1. The highest BCUT2D eigenvalue weighted by atomic mass is 32.2. The number of benzene rings is 1. The Morgan fingerprint density at radius 1 is 1.29 bits per heavy atom. The second-order valence-electron chi connectivity index (χ2n) is 6.97. The van der Waals surface area contributed by atoms with Crippen molar-refractivity contribution in [2.24, 2.45) is 18.9 Å². The molecule has 0 radical (unpaired) electrons. The van der Waals surface area contributed by atoms with Gasteiger partial charge in [0.25, 0.3) is 5.91 Å². The van der Waals surface area contributed by atoms with Crippen LogP contribution < -0.4 is 0 Å². The topological polar surface area (TPSA) is 38.1 Å². The number of likely N-dealkylation sites (tertiary alicyclic amines) is 1. The van der Waals surface area contributed by atoms with Crippen molar-refractivity contribution in [2.45, 2.75) is 31.2 Å². The Labute approximate surface area is 148 Å². The third-order valence-corrected chi connectivity index (χ3v) is 5.60. The molecule has 128 valence electrons. The average molecular weight is 343 g/mol. The lowest BCUT2D eigenvalue weighted by Crippen LogP contribution is -2.42. The van der Waals surface area contributed by atoms with E-state index in [1.165, 1.54) is 6.42 Å². The number of aryl methyl sites for hydroxylation is 1. The molecular weight excluding hydrogens is 318 g/mol. The highest BCUT2D eigenvalue weighted by Crippen LogP contribution is 2.24. The fraction of sp³-hybridized carbons (Fsp3) is 0.474. The zero-order valence-electron chi connectivity index (χ0n) is 14.6. The van der Waals surface area contributed by atoms with Crippen LogP contribution in [0.1, 0.15) is 36.2 Å². The fourth-order valence-electron chi connectivity index (χ4n) is 3.44. The van der Waals surface area contributed by atoms with Gasteiger partial charge in [-0.1, -0.05) is 37.7 Å². The Bertz CT molecular complexity index is 702. The van der Waals surface area contributed by atoms with E-state index in [1.54, 1.807) is 18.0 Å². The van der Waals surface area contributed by atoms with Crippen LogP contribution in [0.25, 0.3) is 0 Å². The van der Waals surface area contributed by atoms with Gasteiger partial charge < -0.3 is 9.47 Å². The first-order valence-corrected chi connectivity index (χ1v) is 9.50. The number of carbonyl (C=O) groups excluding carboxylic acids is 1. The Morgan fingerprint density at radius 2 is 2.04 bits per heavy atom. The predicted octanol–water partition coefficient (Wildman–Crippen LogP) is 3.83. The standard InChI is InChI=1S/C19H25N3OS/c1-14-9-15(2)12-22(11-14)18(23)17-6-4-5-16(10-17)13-24-19-20-7-8-21(19)3/h4-8,10,14-15H,9,11-13H2,1-3H3. The summed E-state index contributed by atoms with van der Waals surface area (Å²) in [5.41, 5.74) is 1.96. The lowest BCUT2D eigenvalue weighted by atomic mass is 9.91. The quantitative estimate of drug-likeness (QED) is 0.792. The van der Waals surface area contributed by atoms with Crippen molar-refractivity contribution in [1.29, 1.82) is 0 Å².